The highest BCUT2D eigenvalue weighted by atomic mass is 16.5. The van der Waals surface area contributed by atoms with Crippen molar-refractivity contribution in [2.45, 2.75) is 31.9 Å². The Labute approximate surface area is 119 Å². The van der Waals surface area contributed by atoms with Crippen molar-refractivity contribution < 1.29 is 14.6 Å². The minimum Gasteiger partial charge on any atom is -0.445 e. The van der Waals surface area contributed by atoms with Gasteiger partial charge in [-0.1, -0.05) is 30.3 Å². The molecule has 4 atom stereocenters. The zero-order valence-electron chi connectivity index (χ0n) is 11.5. The van der Waals surface area contributed by atoms with Crippen molar-refractivity contribution in [3.8, 4) is 0 Å². The van der Waals surface area contributed by atoms with Crippen LogP contribution in [0.2, 0.25) is 0 Å². The van der Waals surface area contributed by atoms with E-state index in [1.807, 2.05) is 30.3 Å². The first kappa shape index (κ1) is 13.4. The van der Waals surface area contributed by atoms with Crippen molar-refractivity contribution in [3.63, 3.8) is 0 Å². The lowest BCUT2D eigenvalue weighted by Crippen LogP contribution is -2.45. The molecular weight excluding hydrogens is 254 g/mol. The van der Waals surface area contributed by atoms with Crippen LogP contribution in [0.25, 0.3) is 0 Å². The number of amides is 1. The van der Waals surface area contributed by atoms with Crippen LogP contribution in [0.1, 0.15) is 24.8 Å². The van der Waals surface area contributed by atoms with E-state index in [4.69, 9.17) is 4.74 Å². The van der Waals surface area contributed by atoms with E-state index in [2.05, 4.69) is 5.32 Å². The molecule has 0 saturated heterocycles. The fourth-order valence-corrected chi connectivity index (χ4v) is 3.80. The van der Waals surface area contributed by atoms with Crippen LogP contribution in [-0.4, -0.2) is 23.8 Å². The van der Waals surface area contributed by atoms with Gasteiger partial charge in [-0.2, -0.15) is 0 Å². The summed E-state index contributed by atoms with van der Waals surface area (Å²) in [6.45, 7) is 0.447. The highest BCUT2D eigenvalue weighted by Gasteiger charge is 2.47. The van der Waals surface area contributed by atoms with Crippen molar-refractivity contribution >= 4 is 6.09 Å². The summed E-state index contributed by atoms with van der Waals surface area (Å²) in [5.74, 6) is 1.30. The zero-order valence-corrected chi connectivity index (χ0v) is 11.5. The molecule has 1 amide bonds. The quantitative estimate of drug-likeness (QED) is 0.886. The van der Waals surface area contributed by atoms with Gasteiger partial charge in [-0.25, -0.2) is 4.79 Å². The standard InChI is InChI=1S/C16H21NO3/c18-9-14-12-6-7-13(8-12)15(14)17-16(19)20-10-11-4-2-1-3-5-11/h1-5,12-15,18H,6-10H2,(H,17,19)/t12-,13+,14+,15-/m0/s1. The minimum absolute atomic E-state index is 0.0852. The van der Waals surface area contributed by atoms with Crippen LogP contribution in [0.15, 0.2) is 30.3 Å². The van der Waals surface area contributed by atoms with Crippen LogP contribution in [0.5, 0.6) is 0 Å². The number of aliphatic hydroxyl groups is 1. The monoisotopic (exact) mass is 275 g/mol. The van der Waals surface area contributed by atoms with E-state index < -0.39 is 0 Å². The number of benzene rings is 1. The molecule has 4 nitrogen and oxygen atoms in total. The molecule has 2 N–H and O–H groups in total. The van der Waals surface area contributed by atoms with Gasteiger partial charge < -0.3 is 15.2 Å². The summed E-state index contributed by atoms with van der Waals surface area (Å²) in [6, 6.07) is 9.73. The normalized spacial score (nSPS) is 31.2. The smallest absolute Gasteiger partial charge is 0.407 e. The molecule has 2 aliphatic rings. The molecule has 0 aliphatic heterocycles. The van der Waals surface area contributed by atoms with Crippen LogP contribution in [0.3, 0.4) is 0 Å². The third-order valence-electron chi connectivity index (χ3n) is 4.80. The molecule has 0 heterocycles. The summed E-state index contributed by atoms with van der Waals surface area (Å²) >= 11 is 0. The Kier molecular flexibility index (Phi) is 3.92. The molecule has 0 aromatic heterocycles. The van der Waals surface area contributed by atoms with E-state index in [1.165, 1.54) is 6.42 Å². The second-order valence-electron chi connectivity index (χ2n) is 5.91. The second-order valence-corrected chi connectivity index (χ2v) is 5.91. The molecule has 2 fully saturated rings. The lowest BCUT2D eigenvalue weighted by atomic mass is 9.85. The fraction of sp³-hybridized carbons (Fsp3) is 0.562. The van der Waals surface area contributed by atoms with Gasteiger partial charge in [-0.05, 0) is 36.7 Å². The van der Waals surface area contributed by atoms with E-state index in [0.717, 1.165) is 18.4 Å². The number of carbonyl (C=O) groups excluding carboxylic acids is 1. The van der Waals surface area contributed by atoms with Crippen molar-refractivity contribution in [3.05, 3.63) is 35.9 Å². The van der Waals surface area contributed by atoms with Crippen LogP contribution in [0.4, 0.5) is 4.79 Å². The predicted molar refractivity (Wildman–Crippen MR) is 75.0 cm³/mol. The Morgan fingerprint density at radius 2 is 2.00 bits per heavy atom. The van der Waals surface area contributed by atoms with Gasteiger partial charge in [0.15, 0.2) is 0 Å². The molecule has 108 valence electrons. The number of ether oxygens (including phenoxy) is 1. The van der Waals surface area contributed by atoms with Crippen LogP contribution in [0, 0.1) is 17.8 Å². The Balaban J connectivity index is 1.51. The number of carbonyl (C=O) groups is 1. The van der Waals surface area contributed by atoms with E-state index in [1.54, 1.807) is 0 Å². The number of hydrogen-bond donors (Lipinski definition) is 2. The van der Waals surface area contributed by atoms with Gasteiger partial charge in [0.1, 0.15) is 6.61 Å². The first-order valence-electron chi connectivity index (χ1n) is 7.36. The molecule has 0 spiro atoms. The van der Waals surface area contributed by atoms with Gasteiger partial charge in [0.05, 0.1) is 0 Å². The van der Waals surface area contributed by atoms with E-state index in [0.29, 0.717) is 11.8 Å². The predicted octanol–water partition coefficient (Wildman–Crippen LogP) is 2.32. The summed E-state index contributed by atoms with van der Waals surface area (Å²) in [4.78, 5) is 11.9. The second kappa shape index (κ2) is 5.83. The number of fused-ring (bicyclic) bond motifs is 2. The number of nitrogens with one attached hydrogen (secondary N) is 1. The highest BCUT2D eigenvalue weighted by molar-refractivity contribution is 5.67. The number of hydrogen-bond acceptors (Lipinski definition) is 3. The number of aliphatic hydroxyl groups excluding tert-OH is 1. The summed E-state index contributed by atoms with van der Waals surface area (Å²) < 4.78 is 5.26. The average Bonchev–Trinajstić information content (AvgIpc) is 3.07. The molecule has 20 heavy (non-hydrogen) atoms. The third kappa shape index (κ3) is 2.66. The fourth-order valence-electron chi connectivity index (χ4n) is 3.80. The molecule has 0 unspecified atom stereocenters. The summed E-state index contributed by atoms with van der Waals surface area (Å²) in [6.07, 6.45) is 3.11. The van der Waals surface area contributed by atoms with Gasteiger partial charge in [-0.15, -0.1) is 0 Å². The molecule has 1 aromatic rings. The SMILES string of the molecule is O=C(N[C@H]1[C@@H]2CC[C@@H](C2)[C@H]1CO)OCc1ccccc1. The van der Waals surface area contributed by atoms with Crippen molar-refractivity contribution in [1.29, 1.82) is 0 Å². The summed E-state index contributed by atoms with van der Waals surface area (Å²) in [7, 11) is 0. The lowest BCUT2D eigenvalue weighted by molar-refractivity contribution is 0.110. The maximum absolute atomic E-state index is 11.9. The molecule has 2 saturated carbocycles. The number of alkyl carbamates (subject to hydrolysis) is 1. The first-order valence-corrected chi connectivity index (χ1v) is 7.36. The van der Waals surface area contributed by atoms with Gasteiger partial charge in [0.2, 0.25) is 0 Å². The topological polar surface area (TPSA) is 58.6 Å². The Morgan fingerprint density at radius 3 is 2.75 bits per heavy atom. The van der Waals surface area contributed by atoms with Crippen molar-refractivity contribution in [1.82, 2.24) is 5.32 Å². The maximum atomic E-state index is 11.9. The Bertz CT molecular complexity index is 462. The van der Waals surface area contributed by atoms with Gasteiger partial charge >= 0.3 is 6.09 Å². The average molecular weight is 275 g/mol. The summed E-state index contributed by atoms with van der Waals surface area (Å²) in [5, 5.41) is 12.4. The molecule has 1 aromatic carbocycles. The Hall–Kier alpha value is -1.55. The molecule has 0 radical (unpaired) electrons. The van der Waals surface area contributed by atoms with Crippen molar-refractivity contribution in [2.24, 2.45) is 17.8 Å². The van der Waals surface area contributed by atoms with Gasteiger partial charge in [0, 0.05) is 18.6 Å². The largest absolute Gasteiger partial charge is 0.445 e. The minimum atomic E-state index is -0.371. The van der Waals surface area contributed by atoms with Crippen molar-refractivity contribution in [2.75, 3.05) is 6.61 Å². The number of rotatable bonds is 4. The van der Waals surface area contributed by atoms with E-state index in [9.17, 15) is 9.90 Å². The summed E-state index contributed by atoms with van der Waals surface area (Å²) in [5.41, 5.74) is 0.981. The van der Waals surface area contributed by atoms with Gasteiger partial charge in [-0.3, -0.25) is 0 Å². The van der Waals surface area contributed by atoms with Crippen LogP contribution in [-0.2, 0) is 11.3 Å². The zero-order chi connectivity index (χ0) is 13.9. The first-order chi connectivity index (χ1) is 9.78. The molecule has 3 rings (SSSR count). The lowest BCUT2D eigenvalue weighted by Gasteiger charge is -2.30. The van der Waals surface area contributed by atoms with Gasteiger partial charge in [0.25, 0.3) is 0 Å². The van der Waals surface area contributed by atoms with E-state index >= 15 is 0 Å². The molecule has 2 aliphatic carbocycles. The molecule has 4 heteroatoms. The maximum Gasteiger partial charge on any atom is 0.407 e. The Morgan fingerprint density at radius 1 is 1.25 bits per heavy atom. The highest BCUT2D eigenvalue weighted by Crippen LogP contribution is 2.48. The molecule has 2 bridgehead atoms. The van der Waals surface area contributed by atoms with Crippen LogP contribution >= 0.6 is 0 Å². The van der Waals surface area contributed by atoms with Crippen LogP contribution < -0.4 is 5.32 Å². The third-order valence-corrected chi connectivity index (χ3v) is 4.80. The molecular formula is C16H21NO3. The van der Waals surface area contributed by atoms with E-state index in [-0.39, 0.29) is 31.3 Å².